The summed E-state index contributed by atoms with van der Waals surface area (Å²) in [4.78, 5) is 11.0. The molecule has 0 aliphatic carbocycles. The summed E-state index contributed by atoms with van der Waals surface area (Å²) in [6.07, 6.45) is -0.383. The van der Waals surface area contributed by atoms with E-state index in [9.17, 15) is 9.90 Å². The maximum atomic E-state index is 11.0. The van der Waals surface area contributed by atoms with Crippen LogP contribution in [0.1, 0.15) is 20.3 Å². The van der Waals surface area contributed by atoms with Crippen LogP contribution >= 0.6 is 0 Å². The number of methoxy groups -OCH3 is 1. The quantitative estimate of drug-likeness (QED) is 0.622. The second kappa shape index (κ2) is 6.86. The molecule has 0 spiro atoms. The van der Waals surface area contributed by atoms with Gasteiger partial charge in [-0.1, -0.05) is 6.92 Å². The van der Waals surface area contributed by atoms with Gasteiger partial charge in [-0.25, -0.2) is 4.79 Å². The molecule has 0 aromatic rings. The summed E-state index contributed by atoms with van der Waals surface area (Å²) in [7, 11) is 1.59. The maximum absolute atomic E-state index is 11.0. The van der Waals surface area contributed by atoms with Gasteiger partial charge in [0, 0.05) is 13.7 Å². The van der Waals surface area contributed by atoms with Crippen molar-refractivity contribution in [2.45, 2.75) is 26.4 Å². The van der Waals surface area contributed by atoms with Crippen LogP contribution in [-0.2, 0) is 14.3 Å². The highest BCUT2D eigenvalue weighted by Gasteiger charge is 2.22. The summed E-state index contributed by atoms with van der Waals surface area (Å²) >= 11 is 0. The normalized spacial score (nSPS) is 15.1. The number of esters is 1. The second-order valence-corrected chi connectivity index (χ2v) is 2.96. The van der Waals surface area contributed by atoms with Gasteiger partial charge in [-0.3, -0.25) is 0 Å². The van der Waals surface area contributed by atoms with E-state index in [1.54, 1.807) is 21.0 Å². The fraction of sp³-hybridized carbons (Fsp3) is 0.889. The summed E-state index contributed by atoms with van der Waals surface area (Å²) in [5.74, 6) is -0.676. The van der Waals surface area contributed by atoms with E-state index in [1.807, 2.05) is 0 Å². The highest BCUT2D eigenvalue weighted by molar-refractivity contribution is 5.74. The van der Waals surface area contributed by atoms with E-state index in [4.69, 9.17) is 4.74 Å². The summed E-state index contributed by atoms with van der Waals surface area (Å²) in [6.45, 7) is 4.34. The molecule has 1 N–H and O–H groups in total. The Morgan fingerprint density at radius 1 is 1.54 bits per heavy atom. The van der Waals surface area contributed by atoms with Gasteiger partial charge in [-0.15, -0.1) is 0 Å². The highest BCUT2D eigenvalue weighted by atomic mass is 16.5. The van der Waals surface area contributed by atoms with Crippen LogP contribution in [0.5, 0.6) is 0 Å². The molecule has 0 amide bonds. The average Bonchev–Trinajstić information content (AvgIpc) is 2.13. The third-order valence-corrected chi connectivity index (χ3v) is 1.84. The predicted molar refractivity (Wildman–Crippen MR) is 48.3 cm³/mol. The SMILES string of the molecule is CCOC(=O)C(O)C(C)CCOC. The van der Waals surface area contributed by atoms with Crippen molar-refractivity contribution in [2.24, 2.45) is 5.92 Å². The maximum Gasteiger partial charge on any atom is 0.335 e. The molecule has 0 aliphatic rings. The molecule has 0 aromatic carbocycles. The molecule has 0 saturated heterocycles. The second-order valence-electron chi connectivity index (χ2n) is 2.96. The monoisotopic (exact) mass is 190 g/mol. The van der Waals surface area contributed by atoms with Crippen molar-refractivity contribution in [1.82, 2.24) is 0 Å². The molecule has 0 radical (unpaired) electrons. The summed E-state index contributed by atoms with van der Waals surface area (Å²) < 4.78 is 9.51. The third kappa shape index (κ3) is 4.85. The Balaban J connectivity index is 3.79. The van der Waals surface area contributed by atoms with Crippen molar-refractivity contribution in [2.75, 3.05) is 20.3 Å². The van der Waals surface area contributed by atoms with Gasteiger partial charge in [-0.05, 0) is 19.3 Å². The smallest absolute Gasteiger partial charge is 0.335 e. The molecule has 13 heavy (non-hydrogen) atoms. The van der Waals surface area contributed by atoms with Crippen molar-refractivity contribution >= 4 is 5.97 Å². The number of hydrogen-bond acceptors (Lipinski definition) is 4. The van der Waals surface area contributed by atoms with Crippen molar-refractivity contribution in [3.8, 4) is 0 Å². The summed E-state index contributed by atoms with van der Waals surface area (Å²) in [6, 6.07) is 0. The molecule has 2 unspecified atom stereocenters. The zero-order chi connectivity index (χ0) is 10.3. The van der Waals surface area contributed by atoms with Gasteiger partial charge in [0.05, 0.1) is 6.61 Å². The zero-order valence-electron chi connectivity index (χ0n) is 8.45. The Morgan fingerprint density at radius 2 is 2.15 bits per heavy atom. The van der Waals surface area contributed by atoms with Crippen LogP contribution in [0.25, 0.3) is 0 Å². The van der Waals surface area contributed by atoms with E-state index in [-0.39, 0.29) is 5.92 Å². The Hall–Kier alpha value is -0.610. The van der Waals surface area contributed by atoms with Gasteiger partial charge in [0.15, 0.2) is 6.10 Å². The van der Waals surface area contributed by atoms with Crippen LogP contribution in [0.15, 0.2) is 0 Å². The lowest BCUT2D eigenvalue weighted by molar-refractivity contribution is -0.156. The van der Waals surface area contributed by atoms with Gasteiger partial charge in [-0.2, -0.15) is 0 Å². The van der Waals surface area contributed by atoms with E-state index < -0.39 is 12.1 Å². The molecule has 78 valence electrons. The first kappa shape index (κ1) is 12.4. The number of hydrogen-bond donors (Lipinski definition) is 1. The van der Waals surface area contributed by atoms with Gasteiger partial charge >= 0.3 is 5.97 Å². The minimum absolute atomic E-state index is 0.126. The molecule has 4 nitrogen and oxygen atoms in total. The van der Waals surface area contributed by atoms with Crippen molar-refractivity contribution < 1.29 is 19.4 Å². The van der Waals surface area contributed by atoms with Crippen LogP contribution < -0.4 is 0 Å². The van der Waals surface area contributed by atoms with Crippen LogP contribution in [-0.4, -0.2) is 37.5 Å². The van der Waals surface area contributed by atoms with E-state index in [2.05, 4.69) is 4.74 Å². The van der Waals surface area contributed by atoms with Crippen LogP contribution in [0, 0.1) is 5.92 Å². The molecule has 0 bridgehead atoms. The summed E-state index contributed by atoms with van der Waals surface area (Å²) in [5.41, 5.74) is 0. The largest absolute Gasteiger partial charge is 0.464 e. The van der Waals surface area contributed by atoms with Gasteiger partial charge < -0.3 is 14.6 Å². The number of rotatable bonds is 6. The fourth-order valence-corrected chi connectivity index (χ4v) is 0.922. The lowest BCUT2D eigenvalue weighted by atomic mass is 10.0. The number of ether oxygens (including phenoxy) is 2. The molecule has 0 rings (SSSR count). The molecule has 0 aliphatic heterocycles. The van der Waals surface area contributed by atoms with Crippen molar-refractivity contribution in [3.05, 3.63) is 0 Å². The van der Waals surface area contributed by atoms with Crippen molar-refractivity contribution in [3.63, 3.8) is 0 Å². The van der Waals surface area contributed by atoms with E-state index in [0.29, 0.717) is 19.6 Å². The molecule has 0 aromatic heterocycles. The first-order valence-corrected chi connectivity index (χ1v) is 4.47. The number of carbonyl (C=O) groups is 1. The molecule has 2 atom stereocenters. The first-order valence-electron chi connectivity index (χ1n) is 4.47. The summed E-state index contributed by atoms with van der Waals surface area (Å²) in [5, 5.41) is 9.41. The minimum atomic E-state index is -1.03. The lowest BCUT2D eigenvalue weighted by Crippen LogP contribution is -2.30. The third-order valence-electron chi connectivity index (χ3n) is 1.84. The lowest BCUT2D eigenvalue weighted by Gasteiger charge is -2.16. The van der Waals surface area contributed by atoms with Gasteiger partial charge in [0.25, 0.3) is 0 Å². The molecule has 0 heterocycles. The zero-order valence-corrected chi connectivity index (χ0v) is 8.45. The molecular formula is C9H18O4. The minimum Gasteiger partial charge on any atom is -0.464 e. The molecule has 0 saturated carbocycles. The topological polar surface area (TPSA) is 55.8 Å². The Kier molecular flexibility index (Phi) is 6.54. The van der Waals surface area contributed by atoms with E-state index in [1.165, 1.54) is 0 Å². The van der Waals surface area contributed by atoms with E-state index in [0.717, 1.165) is 0 Å². The fourth-order valence-electron chi connectivity index (χ4n) is 0.922. The van der Waals surface area contributed by atoms with Gasteiger partial charge in [0.2, 0.25) is 0 Å². The van der Waals surface area contributed by atoms with Crippen LogP contribution in [0.3, 0.4) is 0 Å². The Bertz CT molecular complexity index is 147. The van der Waals surface area contributed by atoms with Crippen molar-refractivity contribution in [1.29, 1.82) is 0 Å². The first-order chi connectivity index (χ1) is 6.13. The Labute approximate surface area is 78.8 Å². The van der Waals surface area contributed by atoms with Crippen LogP contribution in [0.4, 0.5) is 0 Å². The molecular weight excluding hydrogens is 172 g/mol. The number of aliphatic hydroxyl groups excluding tert-OH is 1. The standard InChI is InChI=1S/C9H18O4/c1-4-13-9(11)8(10)7(2)5-6-12-3/h7-8,10H,4-6H2,1-3H3. The average molecular weight is 190 g/mol. The predicted octanol–water partition coefficient (Wildman–Crippen LogP) is 0.583. The van der Waals surface area contributed by atoms with Gasteiger partial charge in [0.1, 0.15) is 0 Å². The number of carbonyl (C=O) groups excluding carboxylic acids is 1. The number of aliphatic hydroxyl groups is 1. The van der Waals surface area contributed by atoms with E-state index >= 15 is 0 Å². The molecule has 4 heteroatoms. The Morgan fingerprint density at radius 3 is 2.62 bits per heavy atom. The highest BCUT2D eigenvalue weighted by Crippen LogP contribution is 2.09. The van der Waals surface area contributed by atoms with Crippen LogP contribution in [0.2, 0.25) is 0 Å². The molecule has 0 fully saturated rings.